The SMILES string of the molecule is CC(N)c1cn(C(C)C(=O)NC2CCCC2)nn1. The van der Waals surface area contributed by atoms with E-state index < -0.39 is 0 Å². The van der Waals surface area contributed by atoms with Gasteiger partial charge in [0.1, 0.15) is 6.04 Å². The number of nitrogens with two attached hydrogens (primary N) is 1. The molecule has 1 aromatic heterocycles. The van der Waals surface area contributed by atoms with Crippen molar-refractivity contribution in [2.45, 2.75) is 57.7 Å². The van der Waals surface area contributed by atoms with E-state index in [2.05, 4.69) is 15.6 Å². The number of amides is 1. The van der Waals surface area contributed by atoms with Crippen molar-refractivity contribution in [3.63, 3.8) is 0 Å². The average molecular weight is 251 g/mol. The van der Waals surface area contributed by atoms with Crippen LogP contribution in [0.3, 0.4) is 0 Å². The number of nitrogens with zero attached hydrogens (tertiary/aromatic N) is 3. The Morgan fingerprint density at radius 1 is 1.50 bits per heavy atom. The van der Waals surface area contributed by atoms with E-state index >= 15 is 0 Å². The fraction of sp³-hybridized carbons (Fsp3) is 0.750. The molecule has 18 heavy (non-hydrogen) atoms. The normalized spacial score (nSPS) is 19.7. The van der Waals surface area contributed by atoms with Gasteiger partial charge < -0.3 is 11.1 Å². The molecule has 2 unspecified atom stereocenters. The number of nitrogens with one attached hydrogen (secondary N) is 1. The largest absolute Gasteiger partial charge is 0.352 e. The highest BCUT2D eigenvalue weighted by molar-refractivity contribution is 5.80. The van der Waals surface area contributed by atoms with Crippen molar-refractivity contribution < 1.29 is 4.79 Å². The second-order valence-corrected chi connectivity index (χ2v) is 5.08. The molecule has 1 aromatic rings. The molecule has 6 nitrogen and oxygen atoms in total. The van der Waals surface area contributed by atoms with Crippen molar-refractivity contribution in [2.75, 3.05) is 0 Å². The molecule has 3 N–H and O–H groups in total. The lowest BCUT2D eigenvalue weighted by atomic mass is 10.2. The molecule has 0 aliphatic heterocycles. The molecule has 1 amide bonds. The number of hydrogen-bond donors (Lipinski definition) is 2. The molecule has 6 heteroatoms. The number of hydrogen-bond acceptors (Lipinski definition) is 4. The standard InChI is InChI=1S/C12H21N5O/c1-8(13)11-7-17(16-15-11)9(2)12(18)14-10-5-3-4-6-10/h7-10H,3-6,13H2,1-2H3,(H,14,18). The molecule has 1 saturated carbocycles. The van der Waals surface area contributed by atoms with E-state index in [9.17, 15) is 4.79 Å². The van der Waals surface area contributed by atoms with Crippen molar-refractivity contribution in [2.24, 2.45) is 5.73 Å². The van der Waals surface area contributed by atoms with Crippen LogP contribution < -0.4 is 11.1 Å². The summed E-state index contributed by atoms with van der Waals surface area (Å²) in [5, 5.41) is 11.0. The zero-order valence-electron chi connectivity index (χ0n) is 11.0. The molecule has 0 bridgehead atoms. The van der Waals surface area contributed by atoms with Crippen LogP contribution in [-0.4, -0.2) is 26.9 Å². The highest BCUT2D eigenvalue weighted by atomic mass is 16.2. The minimum atomic E-state index is -0.342. The van der Waals surface area contributed by atoms with Crippen molar-refractivity contribution in [3.8, 4) is 0 Å². The number of rotatable bonds is 4. The lowest BCUT2D eigenvalue weighted by Gasteiger charge is -2.16. The molecule has 1 aliphatic rings. The highest BCUT2D eigenvalue weighted by Gasteiger charge is 2.22. The highest BCUT2D eigenvalue weighted by Crippen LogP contribution is 2.18. The first-order valence-electron chi connectivity index (χ1n) is 6.55. The molecule has 100 valence electrons. The molecule has 0 saturated heterocycles. The van der Waals surface area contributed by atoms with Gasteiger partial charge in [-0.3, -0.25) is 4.79 Å². The quantitative estimate of drug-likeness (QED) is 0.833. The molecule has 0 spiro atoms. The van der Waals surface area contributed by atoms with Crippen molar-refractivity contribution in [1.29, 1.82) is 0 Å². The van der Waals surface area contributed by atoms with E-state index in [1.165, 1.54) is 12.8 Å². The third-order valence-electron chi connectivity index (χ3n) is 3.47. The third kappa shape index (κ3) is 2.87. The molecule has 1 heterocycles. The van der Waals surface area contributed by atoms with E-state index in [0.29, 0.717) is 11.7 Å². The topological polar surface area (TPSA) is 85.8 Å². The van der Waals surface area contributed by atoms with Crippen molar-refractivity contribution >= 4 is 5.91 Å². The first-order chi connectivity index (χ1) is 8.58. The van der Waals surface area contributed by atoms with Gasteiger partial charge in [0.05, 0.1) is 11.9 Å². The fourth-order valence-corrected chi connectivity index (χ4v) is 2.20. The van der Waals surface area contributed by atoms with Crippen LogP contribution in [0.25, 0.3) is 0 Å². The molecule has 0 radical (unpaired) electrons. The van der Waals surface area contributed by atoms with Crippen LogP contribution in [0.1, 0.15) is 57.3 Å². The summed E-state index contributed by atoms with van der Waals surface area (Å²) in [4.78, 5) is 12.0. The molecule has 1 aliphatic carbocycles. The predicted molar refractivity (Wildman–Crippen MR) is 67.7 cm³/mol. The zero-order valence-corrected chi connectivity index (χ0v) is 11.0. The smallest absolute Gasteiger partial charge is 0.244 e. The van der Waals surface area contributed by atoms with Gasteiger partial charge in [0.25, 0.3) is 0 Å². The maximum atomic E-state index is 12.0. The average Bonchev–Trinajstić information content (AvgIpc) is 2.98. The van der Waals surface area contributed by atoms with E-state index in [0.717, 1.165) is 12.8 Å². The minimum Gasteiger partial charge on any atom is -0.352 e. The molecule has 2 atom stereocenters. The first-order valence-corrected chi connectivity index (χ1v) is 6.55. The van der Waals surface area contributed by atoms with Gasteiger partial charge in [0.2, 0.25) is 5.91 Å². The lowest BCUT2D eigenvalue weighted by Crippen LogP contribution is -2.37. The summed E-state index contributed by atoms with van der Waals surface area (Å²) in [5.41, 5.74) is 6.42. The molecular weight excluding hydrogens is 230 g/mol. The summed E-state index contributed by atoms with van der Waals surface area (Å²) in [7, 11) is 0. The van der Waals surface area contributed by atoms with Gasteiger partial charge in [-0.15, -0.1) is 5.10 Å². The third-order valence-corrected chi connectivity index (χ3v) is 3.47. The van der Waals surface area contributed by atoms with E-state index in [-0.39, 0.29) is 18.0 Å². The Labute approximate surface area is 107 Å². The summed E-state index contributed by atoms with van der Waals surface area (Å²) < 4.78 is 1.57. The summed E-state index contributed by atoms with van der Waals surface area (Å²) in [6.07, 6.45) is 6.32. The maximum Gasteiger partial charge on any atom is 0.244 e. The molecule has 0 aromatic carbocycles. The zero-order chi connectivity index (χ0) is 13.1. The van der Waals surface area contributed by atoms with E-state index in [4.69, 9.17) is 5.73 Å². The number of carbonyl (C=O) groups is 1. The van der Waals surface area contributed by atoms with Crippen molar-refractivity contribution in [1.82, 2.24) is 20.3 Å². The fourth-order valence-electron chi connectivity index (χ4n) is 2.20. The number of carbonyl (C=O) groups excluding carboxylic acids is 1. The van der Waals surface area contributed by atoms with Gasteiger partial charge in [0, 0.05) is 12.1 Å². The van der Waals surface area contributed by atoms with Crippen LogP contribution in [0, 0.1) is 0 Å². The first kappa shape index (κ1) is 13.0. The van der Waals surface area contributed by atoms with Crippen LogP contribution in [0.4, 0.5) is 0 Å². The Kier molecular flexibility index (Phi) is 3.96. The Balaban J connectivity index is 1.96. The van der Waals surface area contributed by atoms with E-state index in [1.807, 2.05) is 13.8 Å². The van der Waals surface area contributed by atoms with Crippen molar-refractivity contribution in [3.05, 3.63) is 11.9 Å². The molecular formula is C12H21N5O. The van der Waals surface area contributed by atoms with Crippen LogP contribution >= 0.6 is 0 Å². The Morgan fingerprint density at radius 3 is 2.72 bits per heavy atom. The number of aromatic nitrogens is 3. The van der Waals surface area contributed by atoms with Gasteiger partial charge in [-0.25, -0.2) is 4.68 Å². The Morgan fingerprint density at radius 2 is 2.17 bits per heavy atom. The summed E-state index contributed by atoms with van der Waals surface area (Å²) in [6.45, 7) is 3.67. The lowest BCUT2D eigenvalue weighted by molar-refractivity contribution is -0.124. The van der Waals surface area contributed by atoms with Gasteiger partial charge in [-0.2, -0.15) is 0 Å². The Hall–Kier alpha value is -1.43. The summed E-state index contributed by atoms with van der Waals surface area (Å²) >= 11 is 0. The molecule has 2 rings (SSSR count). The Bertz CT molecular complexity index is 408. The second kappa shape index (κ2) is 5.48. The van der Waals surface area contributed by atoms with Gasteiger partial charge in [0.15, 0.2) is 0 Å². The minimum absolute atomic E-state index is 0.00280. The van der Waals surface area contributed by atoms with Crippen LogP contribution in [0.2, 0.25) is 0 Å². The second-order valence-electron chi connectivity index (χ2n) is 5.08. The molecule has 1 fully saturated rings. The monoisotopic (exact) mass is 251 g/mol. The van der Waals surface area contributed by atoms with Gasteiger partial charge in [-0.05, 0) is 26.7 Å². The predicted octanol–water partition coefficient (Wildman–Crippen LogP) is 0.918. The van der Waals surface area contributed by atoms with Crippen LogP contribution in [0.5, 0.6) is 0 Å². The summed E-state index contributed by atoms with van der Waals surface area (Å²) in [6, 6.07) is -0.175. The summed E-state index contributed by atoms with van der Waals surface area (Å²) in [5.74, 6) is 0.00280. The van der Waals surface area contributed by atoms with E-state index in [1.54, 1.807) is 10.9 Å². The van der Waals surface area contributed by atoms with Gasteiger partial charge >= 0.3 is 0 Å². The van der Waals surface area contributed by atoms with Crippen LogP contribution in [-0.2, 0) is 4.79 Å². The maximum absolute atomic E-state index is 12.0. The van der Waals surface area contributed by atoms with Crippen LogP contribution in [0.15, 0.2) is 6.20 Å². The van der Waals surface area contributed by atoms with Gasteiger partial charge in [-0.1, -0.05) is 18.1 Å².